The van der Waals surface area contributed by atoms with Crippen LogP contribution in [0.2, 0.25) is 0 Å². The fourth-order valence-corrected chi connectivity index (χ4v) is 5.97. The summed E-state index contributed by atoms with van der Waals surface area (Å²) < 4.78 is 29.0. The second kappa shape index (κ2) is 10.8. The summed E-state index contributed by atoms with van der Waals surface area (Å²) in [5, 5.41) is 8.34. The van der Waals surface area contributed by atoms with E-state index in [2.05, 4.69) is 32.5 Å². The van der Waals surface area contributed by atoms with Gasteiger partial charge in [0.05, 0.1) is 16.8 Å². The zero-order valence-corrected chi connectivity index (χ0v) is 22.9. The van der Waals surface area contributed by atoms with Gasteiger partial charge in [0.2, 0.25) is 0 Å². The highest BCUT2D eigenvalue weighted by Gasteiger charge is 2.27. The van der Waals surface area contributed by atoms with Crippen molar-refractivity contribution >= 4 is 65.3 Å². The Balaban J connectivity index is 1.44. The zero-order valence-electron chi connectivity index (χ0n) is 20.5. The van der Waals surface area contributed by atoms with Gasteiger partial charge in [-0.05, 0) is 70.9 Å². The van der Waals surface area contributed by atoms with Crippen LogP contribution in [0.5, 0.6) is 0 Å². The highest BCUT2D eigenvalue weighted by molar-refractivity contribution is 9.10. The van der Waals surface area contributed by atoms with Crippen molar-refractivity contribution in [1.82, 2.24) is 5.43 Å². The highest BCUT2D eigenvalue weighted by Crippen LogP contribution is 2.28. The third kappa shape index (κ3) is 5.32. The van der Waals surface area contributed by atoms with Gasteiger partial charge in [-0.1, -0.05) is 82.2 Å². The predicted molar refractivity (Wildman–Crippen MR) is 157 cm³/mol. The van der Waals surface area contributed by atoms with Crippen LogP contribution in [0.3, 0.4) is 0 Å². The summed E-state index contributed by atoms with van der Waals surface area (Å²) in [6.07, 6.45) is 1.61. The smallest absolute Gasteiger partial charge is 0.264 e. The predicted octanol–water partition coefficient (Wildman–Crippen LogP) is 6.41. The SMILES string of the molecule is Cc1ccc(S(=O)(=O)N(CC(=O)N/N=C/c2c3ccccc3cc3ccccc23)c2ccc(Br)cc2)cc1. The minimum absolute atomic E-state index is 0.101. The van der Waals surface area contributed by atoms with Crippen molar-refractivity contribution < 1.29 is 13.2 Å². The standard InChI is InChI=1S/C30H24BrN3O3S/c1-21-10-16-26(17-11-21)38(36,37)34(25-14-12-24(31)13-15-25)20-30(35)33-32-19-29-27-8-4-2-6-22(27)18-23-7-3-5-9-28(23)29/h2-19H,20H2,1H3,(H,33,35)/b32-19+. The van der Waals surface area contributed by atoms with E-state index >= 15 is 0 Å². The van der Waals surface area contributed by atoms with Gasteiger partial charge in [-0.15, -0.1) is 0 Å². The van der Waals surface area contributed by atoms with E-state index < -0.39 is 22.5 Å². The van der Waals surface area contributed by atoms with E-state index in [4.69, 9.17) is 0 Å². The minimum atomic E-state index is -4.01. The fraction of sp³-hybridized carbons (Fsp3) is 0.0667. The monoisotopic (exact) mass is 585 g/mol. The summed E-state index contributed by atoms with van der Waals surface area (Å²) in [5.74, 6) is -0.565. The number of halogens is 1. The van der Waals surface area contributed by atoms with Crippen molar-refractivity contribution in [3.8, 4) is 0 Å². The molecule has 38 heavy (non-hydrogen) atoms. The molecule has 0 saturated heterocycles. The van der Waals surface area contributed by atoms with Gasteiger partial charge in [0.25, 0.3) is 15.9 Å². The normalized spacial score (nSPS) is 11.7. The van der Waals surface area contributed by atoms with Crippen LogP contribution in [0.4, 0.5) is 5.69 Å². The molecule has 5 aromatic carbocycles. The second-order valence-electron chi connectivity index (χ2n) is 8.83. The van der Waals surface area contributed by atoms with Gasteiger partial charge in [-0.2, -0.15) is 5.10 Å². The number of nitrogens with one attached hydrogen (secondary N) is 1. The Morgan fingerprint density at radius 1 is 0.868 bits per heavy atom. The van der Waals surface area contributed by atoms with Crippen LogP contribution in [-0.2, 0) is 14.8 Å². The van der Waals surface area contributed by atoms with Crippen LogP contribution in [0.1, 0.15) is 11.1 Å². The Bertz CT molecular complexity index is 1710. The molecule has 0 fully saturated rings. The quantitative estimate of drug-likeness (QED) is 0.136. The molecule has 5 aromatic rings. The molecule has 0 unspecified atom stereocenters. The first kappa shape index (κ1) is 25.6. The molecule has 0 aliphatic rings. The zero-order chi connectivity index (χ0) is 26.7. The van der Waals surface area contributed by atoms with Gasteiger partial charge in [0.15, 0.2) is 0 Å². The van der Waals surface area contributed by atoms with Crippen molar-refractivity contribution in [2.75, 3.05) is 10.8 Å². The van der Waals surface area contributed by atoms with Crippen molar-refractivity contribution in [2.45, 2.75) is 11.8 Å². The summed E-state index contributed by atoms with van der Waals surface area (Å²) in [4.78, 5) is 13.1. The maximum absolute atomic E-state index is 13.5. The maximum atomic E-state index is 13.5. The van der Waals surface area contributed by atoms with E-state index in [9.17, 15) is 13.2 Å². The summed E-state index contributed by atoms with van der Waals surface area (Å²) >= 11 is 3.37. The lowest BCUT2D eigenvalue weighted by Crippen LogP contribution is -2.39. The average Bonchev–Trinajstić information content (AvgIpc) is 2.92. The molecule has 6 nitrogen and oxygen atoms in total. The summed E-state index contributed by atoms with van der Waals surface area (Å²) in [6, 6.07) is 31.4. The molecule has 0 saturated carbocycles. The molecule has 0 aliphatic carbocycles. The number of aryl methyl sites for hydroxylation is 1. The summed E-state index contributed by atoms with van der Waals surface area (Å²) in [5.41, 5.74) is 4.70. The van der Waals surface area contributed by atoms with E-state index in [1.165, 1.54) is 12.1 Å². The topological polar surface area (TPSA) is 78.8 Å². The number of nitrogens with zero attached hydrogens (tertiary/aromatic N) is 2. The molecule has 0 bridgehead atoms. The Morgan fingerprint density at radius 3 is 2.05 bits per heavy atom. The molecule has 0 spiro atoms. The summed E-state index contributed by atoms with van der Waals surface area (Å²) in [7, 11) is -4.01. The van der Waals surface area contributed by atoms with E-state index in [1.54, 1.807) is 42.6 Å². The summed E-state index contributed by atoms with van der Waals surface area (Å²) in [6.45, 7) is 1.44. The average molecular weight is 587 g/mol. The van der Waals surface area contributed by atoms with Gasteiger partial charge in [-0.25, -0.2) is 13.8 Å². The molecular weight excluding hydrogens is 562 g/mol. The Labute approximate surface area is 229 Å². The van der Waals surface area contributed by atoms with Crippen LogP contribution >= 0.6 is 15.9 Å². The number of rotatable bonds is 7. The van der Waals surface area contributed by atoms with E-state index in [-0.39, 0.29) is 4.90 Å². The molecule has 1 N–H and O–H groups in total. The third-order valence-corrected chi connectivity index (χ3v) is 8.52. The number of amides is 1. The number of hydrogen-bond acceptors (Lipinski definition) is 4. The number of anilines is 1. The van der Waals surface area contributed by atoms with Crippen molar-refractivity contribution in [2.24, 2.45) is 5.10 Å². The first-order valence-electron chi connectivity index (χ1n) is 11.9. The van der Waals surface area contributed by atoms with Crippen molar-refractivity contribution in [1.29, 1.82) is 0 Å². The maximum Gasteiger partial charge on any atom is 0.264 e. The van der Waals surface area contributed by atoms with Crippen LogP contribution < -0.4 is 9.73 Å². The van der Waals surface area contributed by atoms with Crippen LogP contribution in [0, 0.1) is 6.92 Å². The van der Waals surface area contributed by atoms with Gasteiger partial charge in [-0.3, -0.25) is 9.10 Å². The lowest BCUT2D eigenvalue weighted by molar-refractivity contribution is -0.119. The third-order valence-electron chi connectivity index (χ3n) is 6.21. The van der Waals surface area contributed by atoms with E-state index in [1.807, 2.05) is 55.5 Å². The number of hydrogen-bond donors (Lipinski definition) is 1. The molecule has 190 valence electrons. The van der Waals surface area contributed by atoms with Crippen molar-refractivity contribution in [3.63, 3.8) is 0 Å². The van der Waals surface area contributed by atoms with E-state index in [0.29, 0.717) is 5.69 Å². The van der Waals surface area contributed by atoms with Crippen molar-refractivity contribution in [3.05, 3.63) is 119 Å². The molecule has 0 atom stereocenters. The van der Waals surface area contributed by atoms with Crippen LogP contribution in [0.15, 0.2) is 118 Å². The largest absolute Gasteiger partial charge is 0.271 e. The molecule has 0 radical (unpaired) electrons. The van der Waals surface area contributed by atoms with Crippen LogP contribution in [0.25, 0.3) is 21.5 Å². The Kier molecular flexibility index (Phi) is 7.26. The minimum Gasteiger partial charge on any atom is -0.271 e. The molecule has 8 heteroatoms. The molecule has 0 heterocycles. The molecule has 0 aromatic heterocycles. The van der Waals surface area contributed by atoms with Gasteiger partial charge < -0.3 is 0 Å². The first-order valence-corrected chi connectivity index (χ1v) is 14.1. The number of carbonyl (C=O) groups is 1. The molecule has 1 amide bonds. The number of benzene rings is 5. The lowest BCUT2D eigenvalue weighted by Gasteiger charge is -2.23. The Hall–Kier alpha value is -4.01. The number of carbonyl (C=O) groups excluding carboxylic acids is 1. The highest BCUT2D eigenvalue weighted by atomic mass is 79.9. The number of sulfonamides is 1. The number of hydrazone groups is 1. The first-order chi connectivity index (χ1) is 18.3. The van der Waals surface area contributed by atoms with Crippen LogP contribution in [-0.4, -0.2) is 27.1 Å². The fourth-order valence-electron chi connectivity index (χ4n) is 4.28. The number of fused-ring (bicyclic) bond motifs is 2. The van der Waals surface area contributed by atoms with E-state index in [0.717, 1.165) is 41.4 Å². The molecule has 5 rings (SSSR count). The Morgan fingerprint density at radius 2 is 1.45 bits per heavy atom. The molecule has 0 aliphatic heterocycles. The van der Waals surface area contributed by atoms with Gasteiger partial charge in [0.1, 0.15) is 6.54 Å². The van der Waals surface area contributed by atoms with Gasteiger partial charge >= 0.3 is 0 Å². The van der Waals surface area contributed by atoms with Gasteiger partial charge in [0, 0.05) is 10.0 Å². The second-order valence-corrected chi connectivity index (χ2v) is 11.6. The lowest BCUT2D eigenvalue weighted by atomic mass is 9.97. The molecular formula is C30H24BrN3O3S.